The number of benzene rings is 3. The molecule has 3 aromatic rings. The fourth-order valence-corrected chi connectivity index (χ4v) is 2.83. The molecule has 0 heterocycles. The molecule has 10 nitrogen and oxygen atoms in total. The number of hydrogen-bond acceptors (Lipinski definition) is 7. The number of anilines is 2. The quantitative estimate of drug-likeness (QED) is 0.183. The molecule has 3 rings (SSSR count). The lowest BCUT2D eigenvalue weighted by molar-refractivity contribution is -0.136. The van der Waals surface area contributed by atoms with Crippen LogP contribution in [0.2, 0.25) is 0 Å². The second-order valence-corrected chi connectivity index (χ2v) is 7.22. The Hall–Kier alpha value is -4.99. The Bertz CT molecular complexity index is 1230. The number of amides is 3. The van der Waals surface area contributed by atoms with E-state index in [1.807, 2.05) is 18.2 Å². The Kier molecular flexibility index (Phi) is 9.28. The number of carbonyl (C=O) groups is 4. The predicted octanol–water partition coefficient (Wildman–Crippen LogP) is 2.97. The Balaban J connectivity index is 1.42. The largest absolute Gasteiger partial charge is 0.484 e. The molecule has 0 saturated carbocycles. The zero-order valence-electron chi connectivity index (χ0n) is 19.4. The molecule has 0 aliphatic heterocycles. The number of rotatable bonds is 9. The van der Waals surface area contributed by atoms with Crippen molar-refractivity contribution in [3.8, 4) is 5.75 Å². The van der Waals surface area contributed by atoms with Gasteiger partial charge in [-0.3, -0.25) is 14.4 Å². The number of carbonyl (C=O) groups excluding carboxylic acids is 4. The summed E-state index contributed by atoms with van der Waals surface area (Å²) in [6, 6.07) is 21.6. The van der Waals surface area contributed by atoms with Gasteiger partial charge in [-0.25, -0.2) is 10.2 Å². The zero-order chi connectivity index (χ0) is 25.8. The lowest BCUT2D eigenvalue weighted by atomic mass is 10.2. The van der Waals surface area contributed by atoms with E-state index in [0.717, 1.165) is 0 Å². The zero-order valence-corrected chi connectivity index (χ0v) is 19.4. The molecule has 10 heteroatoms. The van der Waals surface area contributed by atoms with Crippen LogP contribution in [0.15, 0.2) is 84.0 Å². The highest BCUT2D eigenvalue weighted by Crippen LogP contribution is 2.12. The standard InChI is InChI=1S/C26H24N4O6/c1-2-35-26(34)19-10-12-21(13-11-19)29-24(32)25(33)30-27-16-18-8-14-22(15-9-18)36-17-23(31)28-20-6-4-3-5-7-20/h3-16H,2,17H2,1H3,(H,28,31)(H,29,32)(H,30,33). The van der Waals surface area contributed by atoms with Gasteiger partial charge in [0.1, 0.15) is 5.75 Å². The number of ether oxygens (including phenoxy) is 2. The van der Waals surface area contributed by atoms with E-state index >= 15 is 0 Å². The molecule has 184 valence electrons. The summed E-state index contributed by atoms with van der Waals surface area (Å²) in [6.07, 6.45) is 1.35. The molecule has 0 aliphatic carbocycles. The lowest BCUT2D eigenvalue weighted by Gasteiger charge is -2.07. The fraction of sp³-hybridized carbons (Fsp3) is 0.115. The minimum absolute atomic E-state index is 0.154. The maximum absolute atomic E-state index is 12.0. The van der Waals surface area contributed by atoms with Crippen LogP contribution >= 0.6 is 0 Å². The molecule has 0 radical (unpaired) electrons. The second kappa shape index (κ2) is 13.0. The smallest absolute Gasteiger partial charge is 0.338 e. The van der Waals surface area contributed by atoms with Gasteiger partial charge < -0.3 is 20.1 Å². The first-order valence-electron chi connectivity index (χ1n) is 10.9. The van der Waals surface area contributed by atoms with Crippen LogP contribution < -0.4 is 20.8 Å². The van der Waals surface area contributed by atoms with Crippen LogP contribution in [0.4, 0.5) is 11.4 Å². The van der Waals surface area contributed by atoms with E-state index in [1.165, 1.54) is 30.5 Å². The van der Waals surface area contributed by atoms with E-state index in [0.29, 0.717) is 28.3 Å². The number of para-hydroxylation sites is 1. The van der Waals surface area contributed by atoms with Gasteiger partial charge in [0.2, 0.25) is 0 Å². The summed E-state index contributed by atoms with van der Waals surface area (Å²) < 4.78 is 10.3. The van der Waals surface area contributed by atoms with Crippen molar-refractivity contribution in [3.63, 3.8) is 0 Å². The van der Waals surface area contributed by atoms with Crippen molar-refractivity contribution < 1.29 is 28.7 Å². The van der Waals surface area contributed by atoms with Crippen molar-refractivity contribution in [2.75, 3.05) is 23.8 Å². The SMILES string of the molecule is CCOC(=O)c1ccc(NC(=O)C(=O)NN=Cc2ccc(OCC(=O)Nc3ccccc3)cc2)cc1. The first kappa shape index (κ1) is 25.6. The lowest BCUT2D eigenvalue weighted by Crippen LogP contribution is -2.32. The van der Waals surface area contributed by atoms with E-state index < -0.39 is 17.8 Å². The van der Waals surface area contributed by atoms with Gasteiger partial charge in [0.25, 0.3) is 5.91 Å². The molecule has 0 aliphatic rings. The number of hydrazone groups is 1. The minimum atomic E-state index is -0.967. The van der Waals surface area contributed by atoms with Crippen LogP contribution in [0.1, 0.15) is 22.8 Å². The number of nitrogens with zero attached hydrogens (tertiary/aromatic N) is 1. The van der Waals surface area contributed by atoms with Crippen LogP contribution in [0.3, 0.4) is 0 Å². The third kappa shape index (κ3) is 8.10. The normalized spacial score (nSPS) is 10.4. The van der Waals surface area contributed by atoms with Crippen LogP contribution in [0, 0.1) is 0 Å². The number of esters is 1. The van der Waals surface area contributed by atoms with E-state index in [2.05, 4.69) is 21.2 Å². The summed E-state index contributed by atoms with van der Waals surface area (Å²) in [5.74, 6) is -2.18. The molecule has 0 atom stereocenters. The third-order valence-electron chi connectivity index (χ3n) is 4.55. The van der Waals surface area contributed by atoms with Crippen LogP contribution in [-0.4, -0.2) is 43.1 Å². The van der Waals surface area contributed by atoms with Crippen molar-refractivity contribution in [1.29, 1.82) is 0 Å². The molecule has 3 amide bonds. The average Bonchev–Trinajstić information content (AvgIpc) is 2.89. The summed E-state index contributed by atoms with van der Waals surface area (Å²) in [4.78, 5) is 47.6. The highest BCUT2D eigenvalue weighted by atomic mass is 16.5. The molecule has 0 bridgehead atoms. The highest BCUT2D eigenvalue weighted by Gasteiger charge is 2.13. The molecule has 36 heavy (non-hydrogen) atoms. The number of nitrogens with one attached hydrogen (secondary N) is 3. The molecule has 0 saturated heterocycles. The van der Waals surface area contributed by atoms with Gasteiger partial charge in [-0.05, 0) is 73.2 Å². The van der Waals surface area contributed by atoms with Gasteiger partial charge in [0.05, 0.1) is 18.4 Å². The first-order chi connectivity index (χ1) is 17.4. The Morgan fingerprint density at radius 2 is 1.47 bits per heavy atom. The van der Waals surface area contributed by atoms with Crippen LogP contribution in [0.5, 0.6) is 5.75 Å². The summed E-state index contributed by atoms with van der Waals surface area (Å²) in [6.45, 7) is 1.80. The Morgan fingerprint density at radius 1 is 0.806 bits per heavy atom. The van der Waals surface area contributed by atoms with Crippen LogP contribution in [-0.2, 0) is 19.1 Å². The molecular formula is C26H24N4O6. The van der Waals surface area contributed by atoms with Crippen LogP contribution in [0.25, 0.3) is 0 Å². The minimum Gasteiger partial charge on any atom is -0.484 e. The van der Waals surface area contributed by atoms with Crippen molar-refractivity contribution in [1.82, 2.24) is 5.43 Å². The molecule has 0 unspecified atom stereocenters. The van der Waals surface area contributed by atoms with Gasteiger partial charge in [-0.1, -0.05) is 18.2 Å². The van der Waals surface area contributed by atoms with E-state index in [4.69, 9.17) is 9.47 Å². The average molecular weight is 489 g/mol. The molecule has 3 N–H and O–H groups in total. The summed E-state index contributed by atoms with van der Waals surface area (Å²) in [7, 11) is 0. The van der Waals surface area contributed by atoms with Gasteiger partial charge in [0, 0.05) is 11.4 Å². The van der Waals surface area contributed by atoms with Gasteiger partial charge >= 0.3 is 17.8 Å². The maximum atomic E-state index is 12.0. The third-order valence-corrected chi connectivity index (χ3v) is 4.55. The van der Waals surface area contributed by atoms with Crippen molar-refractivity contribution in [2.45, 2.75) is 6.92 Å². The predicted molar refractivity (Wildman–Crippen MR) is 134 cm³/mol. The van der Waals surface area contributed by atoms with Crippen molar-refractivity contribution in [3.05, 3.63) is 90.0 Å². The molecular weight excluding hydrogens is 464 g/mol. The van der Waals surface area contributed by atoms with Gasteiger partial charge in [-0.2, -0.15) is 5.10 Å². The molecule has 0 aromatic heterocycles. The summed E-state index contributed by atoms with van der Waals surface area (Å²) >= 11 is 0. The van der Waals surface area contributed by atoms with E-state index in [9.17, 15) is 19.2 Å². The van der Waals surface area contributed by atoms with Crippen molar-refractivity contribution >= 4 is 41.3 Å². The molecule has 0 fully saturated rings. The van der Waals surface area contributed by atoms with Gasteiger partial charge in [0.15, 0.2) is 6.61 Å². The van der Waals surface area contributed by atoms with Crippen molar-refractivity contribution in [2.24, 2.45) is 5.10 Å². The van der Waals surface area contributed by atoms with Gasteiger partial charge in [-0.15, -0.1) is 0 Å². The second-order valence-electron chi connectivity index (χ2n) is 7.22. The topological polar surface area (TPSA) is 135 Å². The van der Waals surface area contributed by atoms with E-state index in [1.54, 1.807) is 43.3 Å². The highest BCUT2D eigenvalue weighted by molar-refractivity contribution is 6.39. The summed E-state index contributed by atoms with van der Waals surface area (Å²) in [5, 5.41) is 8.89. The maximum Gasteiger partial charge on any atom is 0.338 e. The monoisotopic (exact) mass is 488 g/mol. The molecule has 3 aromatic carbocycles. The van der Waals surface area contributed by atoms with E-state index in [-0.39, 0.29) is 19.1 Å². The Morgan fingerprint density at radius 3 is 2.14 bits per heavy atom. The first-order valence-corrected chi connectivity index (χ1v) is 10.9. The summed E-state index contributed by atoms with van der Waals surface area (Å²) in [5.41, 5.74) is 4.11. The number of hydrogen-bond donors (Lipinski definition) is 3. The fourth-order valence-electron chi connectivity index (χ4n) is 2.83. The molecule has 0 spiro atoms. The Labute approximate surface area is 207 Å².